The van der Waals surface area contributed by atoms with Crippen molar-refractivity contribution in [3.05, 3.63) is 70.0 Å². The second kappa shape index (κ2) is 6.18. The summed E-state index contributed by atoms with van der Waals surface area (Å²) in [5.41, 5.74) is 3.24. The van der Waals surface area contributed by atoms with Crippen LogP contribution in [0.1, 0.15) is 29.7 Å². The highest BCUT2D eigenvalue weighted by atomic mass is 35.5. The number of nitrogens with one attached hydrogen (secondary N) is 1. The third kappa shape index (κ3) is 3.34. The molecule has 1 nitrogen and oxygen atoms in total. The Labute approximate surface area is 118 Å². The van der Waals surface area contributed by atoms with E-state index >= 15 is 0 Å². The average molecular weight is 278 g/mol. The van der Waals surface area contributed by atoms with Crippen molar-refractivity contribution in [2.75, 3.05) is 6.54 Å². The van der Waals surface area contributed by atoms with Gasteiger partial charge in [0.2, 0.25) is 0 Å². The largest absolute Gasteiger partial charge is 0.306 e. The molecule has 0 saturated carbocycles. The van der Waals surface area contributed by atoms with E-state index in [2.05, 4.69) is 36.5 Å². The molecule has 0 aromatic heterocycles. The lowest BCUT2D eigenvalue weighted by molar-refractivity contribution is 0.614. The lowest BCUT2D eigenvalue weighted by Crippen LogP contribution is -2.22. The summed E-state index contributed by atoms with van der Waals surface area (Å²) in [6.07, 6.45) is 0. The van der Waals surface area contributed by atoms with E-state index in [0.717, 1.165) is 17.7 Å². The number of halogens is 2. The maximum absolute atomic E-state index is 13.1. The molecule has 0 spiro atoms. The molecule has 1 N–H and O–H groups in total. The number of aryl methyl sites for hydroxylation is 1. The van der Waals surface area contributed by atoms with Gasteiger partial charge in [-0.3, -0.25) is 0 Å². The van der Waals surface area contributed by atoms with Gasteiger partial charge in [0.25, 0.3) is 0 Å². The zero-order valence-corrected chi connectivity index (χ0v) is 11.8. The summed E-state index contributed by atoms with van der Waals surface area (Å²) < 4.78 is 13.1. The van der Waals surface area contributed by atoms with Crippen molar-refractivity contribution in [3.8, 4) is 0 Å². The first-order chi connectivity index (χ1) is 9.11. The Morgan fingerprint density at radius 3 is 2.42 bits per heavy atom. The predicted molar refractivity (Wildman–Crippen MR) is 78.1 cm³/mol. The third-order valence-electron chi connectivity index (χ3n) is 3.09. The summed E-state index contributed by atoms with van der Waals surface area (Å²) in [6.45, 7) is 4.90. The third-order valence-corrected chi connectivity index (χ3v) is 3.42. The highest BCUT2D eigenvalue weighted by molar-refractivity contribution is 6.31. The van der Waals surface area contributed by atoms with Gasteiger partial charge in [-0.25, -0.2) is 4.39 Å². The molecule has 0 heterocycles. The van der Waals surface area contributed by atoms with Crippen molar-refractivity contribution in [1.82, 2.24) is 5.32 Å². The summed E-state index contributed by atoms with van der Waals surface area (Å²) in [4.78, 5) is 0. The van der Waals surface area contributed by atoms with Crippen LogP contribution in [0.4, 0.5) is 4.39 Å². The van der Waals surface area contributed by atoms with Crippen molar-refractivity contribution in [2.24, 2.45) is 0 Å². The number of hydrogen-bond donors (Lipinski definition) is 1. The fraction of sp³-hybridized carbons (Fsp3) is 0.250. The fourth-order valence-electron chi connectivity index (χ4n) is 2.11. The lowest BCUT2D eigenvalue weighted by Gasteiger charge is -2.20. The van der Waals surface area contributed by atoms with Gasteiger partial charge in [-0.15, -0.1) is 0 Å². The molecule has 0 bridgehead atoms. The van der Waals surface area contributed by atoms with Crippen LogP contribution < -0.4 is 5.32 Å². The first kappa shape index (κ1) is 14.0. The minimum atomic E-state index is -0.312. The molecule has 2 aromatic carbocycles. The number of rotatable bonds is 4. The monoisotopic (exact) mass is 277 g/mol. The molecule has 0 radical (unpaired) electrons. The zero-order chi connectivity index (χ0) is 13.8. The van der Waals surface area contributed by atoms with Crippen LogP contribution in [-0.4, -0.2) is 6.54 Å². The van der Waals surface area contributed by atoms with Gasteiger partial charge in [0.1, 0.15) is 5.82 Å². The Morgan fingerprint density at radius 2 is 1.84 bits per heavy atom. The molecular formula is C16H17ClFN. The quantitative estimate of drug-likeness (QED) is 0.868. The molecule has 0 fully saturated rings. The fourth-order valence-corrected chi connectivity index (χ4v) is 2.38. The Morgan fingerprint density at radius 1 is 1.16 bits per heavy atom. The van der Waals surface area contributed by atoms with Gasteiger partial charge in [-0.1, -0.05) is 54.4 Å². The van der Waals surface area contributed by atoms with Crippen LogP contribution in [0.3, 0.4) is 0 Å². The van der Waals surface area contributed by atoms with Gasteiger partial charge in [-0.05, 0) is 36.7 Å². The van der Waals surface area contributed by atoms with Gasteiger partial charge in [0.15, 0.2) is 0 Å². The summed E-state index contributed by atoms with van der Waals surface area (Å²) >= 11 is 6.16. The van der Waals surface area contributed by atoms with Crippen molar-refractivity contribution in [1.29, 1.82) is 0 Å². The van der Waals surface area contributed by atoms with Crippen LogP contribution in [0.15, 0.2) is 42.5 Å². The summed E-state index contributed by atoms with van der Waals surface area (Å²) in [5.74, 6) is -0.312. The maximum atomic E-state index is 13.1. The van der Waals surface area contributed by atoms with Crippen LogP contribution >= 0.6 is 11.6 Å². The van der Waals surface area contributed by atoms with Gasteiger partial charge in [0, 0.05) is 5.02 Å². The molecule has 0 amide bonds. The van der Waals surface area contributed by atoms with Crippen LogP contribution in [0.5, 0.6) is 0 Å². The second-order valence-corrected chi connectivity index (χ2v) is 4.97. The summed E-state index contributed by atoms with van der Waals surface area (Å²) in [7, 11) is 0. The molecule has 3 heteroatoms. The first-order valence-electron chi connectivity index (χ1n) is 6.36. The normalized spacial score (nSPS) is 12.4. The minimum Gasteiger partial charge on any atom is -0.306 e. The molecule has 2 aromatic rings. The van der Waals surface area contributed by atoms with E-state index in [-0.39, 0.29) is 11.9 Å². The molecular weight excluding hydrogens is 261 g/mol. The van der Waals surface area contributed by atoms with Crippen LogP contribution in [0.2, 0.25) is 5.02 Å². The van der Waals surface area contributed by atoms with E-state index in [0.29, 0.717) is 5.02 Å². The van der Waals surface area contributed by atoms with Crippen molar-refractivity contribution in [3.63, 3.8) is 0 Å². The summed E-state index contributed by atoms with van der Waals surface area (Å²) in [6, 6.07) is 12.8. The smallest absolute Gasteiger partial charge is 0.124 e. The molecule has 100 valence electrons. The highest BCUT2D eigenvalue weighted by Crippen LogP contribution is 2.29. The standard InChI is InChI=1S/C16H17ClFN/c1-3-19-16(12-6-4-11(2)5-7-12)14-9-8-13(18)10-15(14)17/h4-10,16,19H,3H2,1-2H3. The molecule has 2 rings (SSSR count). The minimum absolute atomic E-state index is 0.0151. The molecule has 1 atom stereocenters. The van der Waals surface area contributed by atoms with Gasteiger partial charge < -0.3 is 5.32 Å². The van der Waals surface area contributed by atoms with E-state index < -0.39 is 0 Å². The van der Waals surface area contributed by atoms with E-state index in [1.807, 2.05) is 6.92 Å². The average Bonchev–Trinajstić information content (AvgIpc) is 2.38. The Hall–Kier alpha value is -1.38. The first-order valence-corrected chi connectivity index (χ1v) is 6.74. The highest BCUT2D eigenvalue weighted by Gasteiger charge is 2.16. The Kier molecular flexibility index (Phi) is 4.56. The van der Waals surface area contributed by atoms with Crippen LogP contribution in [-0.2, 0) is 0 Å². The maximum Gasteiger partial charge on any atom is 0.124 e. The van der Waals surface area contributed by atoms with Gasteiger partial charge in [-0.2, -0.15) is 0 Å². The van der Waals surface area contributed by atoms with Gasteiger partial charge in [0.05, 0.1) is 6.04 Å². The van der Waals surface area contributed by atoms with Crippen LogP contribution in [0.25, 0.3) is 0 Å². The summed E-state index contributed by atoms with van der Waals surface area (Å²) in [5, 5.41) is 3.84. The van der Waals surface area contributed by atoms with E-state index in [9.17, 15) is 4.39 Å². The predicted octanol–water partition coefficient (Wildman–Crippen LogP) is 4.49. The topological polar surface area (TPSA) is 12.0 Å². The van der Waals surface area contributed by atoms with Crippen molar-refractivity contribution >= 4 is 11.6 Å². The van der Waals surface area contributed by atoms with Gasteiger partial charge >= 0.3 is 0 Å². The lowest BCUT2D eigenvalue weighted by atomic mass is 9.97. The molecule has 0 aliphatic rings. The number of hydrogen-bond acceptors (Lipinski definition) is 1. The second-order valence-electron chi connectivity index (χ2n) is 4.57. The molecule has 0 aliphatic heterocycles. The Balaban J connectivity index is 2.41. The van der Waals surface area contributed by atoms with Crippen molar-refractivity contribution in [2.45, 2.75) is 19.9 Å². The van der Waals surface area contributed by atoms with Crippen molar-refractivity contribution < 1.29 is 4.39 Å². The Bertz CT molecular complexity index is 551. The SMILES string of the molecule is CCNC(c1ccc(C)cc1)c1ccc(F)cc1Cl. The van der Waals surface area contributed by atoms with Crippen LogP contribution in [0, 0.1) is 12.7 Å². The molecule has 1 unspecified atom stereocenters. The van der Waals surface area contributed by atoms with E-state index in [4.69, 9.17) is 11.6 Å². The zero-order valence-electron chi connectivity index (χ0n) is 11.1. The molecule has 0 aliphatic carbocycles. The molecule has 19 heavy (non-hydrogen) atoms. The molecule has 0 saturated heterocycles. The van der Waals surface area contributed by atoms with E-state index in [1.165, 1.54) is 17.7 Å². The number of benzene rings is 2. The van der Waals surface area contributed by atoms with E-state index in [1.54, 1.807) is 6.07 Å².